The Morgan fingerprint density at radius 2 is 1.96 bits per heavy atom. The van der Waals surface area contributed by atoms with E-state index in [9.17, 15) is 18.0 Å². The Bertz CT molecular complexity index is 733. The number of ketones is 1. The molecule has 1 fully saturated rings. The zero-order chi connectivity index (χ0) is 16.6. The van der Waals surface area contributed by atoms with Gasteiger partial charge in [0.1, 0.15) is 0 Å². The second-order valence-corrected chi connectivity index (χ2v) is 6.49. The Morgan fingerprint density at radius 3 is 2.61 bits per heavy atom. The summed E-state index contributed by atoms with van der Waals surface area (Å²) in [4.78, 5) is 19.5. The molecular weight excluding hydrogens is 325 g/mol. The number of alkyl halides is 3. The zero-order valence-electron chi connectivity index (χ0n) is 12.5. The average molecular weight is 340 g/mol. The third kappa shape index (κ3) is 3.24. The molecule has 0 spiro atoms. The Kier molecular flexibility index (Phi) is 4.14. The first-order valence-corrected chi connectivity index (χ1v) is 8.12. The van der Waals surface area contributed by atoms with Crippen LogP contribution in [-0.2, 0) is 6.18 Å². The maximum absolute atomic E-state index is 12.8. The van der Waals surface area contributed by atoms with Crippen LogP contribution in [0.3, 0.4) is 0 Å². The predicted octanol–water partition coefficient (Wildman–Crippen LogP) is 4.30. The van der Waals surface area contributed by atoms with Gasteiger partial charge in [0.05, 0.1) is 16.1 Å². The van der Waals surface area contributed by atoms with E-state index in [0.29, 0.717) is 10.6 Å². The molecule has 3 rings (SSSR count). The summed E-state index contributed by atoms with van der Waals surface area (Å²) in [6.07, 6.45) is -2.27. The van der Waals surface area contributed by atoms with E-state index in [1.807, 2.05) is 0 Å². The quantitative estimate of drug-likeness (QED) is 0.781. The van der Waals surface area contributed by atoms with Gasteiger partial charge in [-0.2, -0.15) is 13.2 Å². The van der Waals surface area contributed by atoms with E-state index < -0.39 is 17.5 Å². The van der Waals surface area contributed by atoms with Gasteiger partial charge < -0.3 is 4.90 Å². The number of carbonyl (C=O) groups excluding carboxylic acids is 1. The largest absolute Gasteiger partial charge is 0.416 e. The van der Waals surface area contributed by atoms with Crippen molar-refractivity contribution in [1.29, 1.82) is 0 Å². The van der Waals surface area contributed by atoms with Gasteiger partial charge in [-0.3, -0.25) is 4.79 Å². The highest BCUT2D eigenvalue weighted by Gasteiger charge is 2.31. The minimum atomic E-state index is -4.46. The van der Waals surface area contributed by atoms with Crippen LogP contribution in [0.2, 0.25) is 0 Å². The van der Waals surface area contributed by atoms with Crippen molar-refractivity contribution in [2.45, 2.75) is 25.9 Å². The van der Waals surface area contributed by atoms with E-state index in [1.54, 1.807) is 6.92 Å². The Morgan fingerprint density at radius 1 is 1.26 bits per heavy atom. The summed E-state index contributed by atoms with van der Waals surface area (Å²) in [5, 5.41) is 0.773. The number of nitrogens with zero attached hydrogens (tertiary/aromatic N) is 2. The summed E-state index contributed by atoms with van der Waals surface area (Å²) in [7, 11) is 0. The molecule has 2 aromatic rings. The van der Waals surface area contributed by atoms with Gasteiger partial charge in [-0.25, -0.2) is 4.98 Å². The normalized spacial score (nSPS) is 15.2. The Balaban J connectivity index is 1.91. The van der Waals surface area contributed by atoms with Crippen LogP contribution < -0.4 is 4.90 Å². The van der Waals surface area contributed by atoms with Crippen LogP contribution in [0.25, 0.3) is 0 Å². The lowest BCUT2D eigenvalue weighted by molar-refractivity contribution is -0.137. The van der Waals surface area contributed by atoms with Crippen LogP contribution in [0.15, 0.2) is 24.3 Å². The molecule has 0 bridgehead atoms. The molecule has 0 atom stereocenters. The summed E-state index contributed by atoms with van der Waals surface area (Å²) in [6.45, 7) is 3.53. The van der Waals surface area contributed by atoms with E-state index in [-0.39, 0.29) is 5.56 Å². The highest BCUT2D eigenvalue weighted by atomic mass is 32.1. The number of hydrogen-bond acceptors (Lipinski definition) is 4. The van der Waals surface area contributed by atoms with Gasteiger partial charge in [0, 0.05) is 18.7 Å². The molecule has 1 aliphatic heterocycles. The van der Waals surface area contributed by atoms with Crippen molar-refractivity contribution in [2.75, 3.05) is 18.0 Å². The number of halogens is 3. The SMILES string of the molecule is Cc1nc(N2CCCC2)sc1C(=O)c1cccc(C(F)(F)F)c1. The molecular formula is C16H15F3N2OS. The van der Waals surface area contributed by atoms with Crippen LogP contribution in [0, 0.1) is 6.92 Å². The van der Waals surface area contributed by atoms with E-state index in [0.717, 1.165) is 43.2 Å². The van der Waals surface area contributed by atoms with Crippen LogP contribution in [0.5, 0.6) is 0 Å². The Labute approximate surface area is 135 Å². The number of carbonyl (C=O) groups is 1. The van der Waals surface area contributed by atoms with Crippen LogP contribution in [0.4, 0.5) is 18.3 Å². The van der Waals surface area contributed by atoms with E-state index in [4.69, 9.17) is 0 Å². The second kappa shape index (κ2) is 5.96. The summed E-state index contributed by atoms with van der Waals surface area (Å²) < 4.78 is 38.4. The van der Waals surface area contributed by atoms with Crippen molar-refractivity contribution in [2.24, 2.45) is 0 Å². The molecule has 1 aliphatic rings. The first-order chi connectivity index (χ1) is 10.9. The topological polar surface area (TPSA) is 33.2 Å². The number of aryl methyl sites for hydroxylation is 1. The van der Waals surface area contributed by atoms with E-state index >= 15 is 0 Å². The highest BCUT2D eigenvalue weighted by molar-refractivity contribution is 7.17. The zero-order valence-corrected chi connectivity index (χ0v) is 13.3. The second-order valence-electron chi connectivity index (χ2n) is 5.51. The van der Waals surface area contributed by atoms with Crippen molar-refractivity contribution in [3.05, 3.63) is 46.0 Å². The lowest BCUT2D eigenvalue weighted by Gasteiger charge is -2.12. The minimum Gasteiger partial charge on any atom is -0.348 e. The number of rotatable bonds is 3. The predicted molar refractivity (Wildman–Crippen MR) is 83.2 cm³/mol. The summed E-state index contributed by atoms with van der Waals surface area (Å²) >= 11 is 1.26. The maximum Gasteiger partial charge on any atom is 0.416 e. The average Bonchev–Trinajstić information content (AvgIpc) is 3.15. The fourth-order valence-corrected chi connectivity index (χ4v) is 3.69. The van der Waals surface area contributed by atoms with Gasteiger partial charge in [-0.1, -0.05) is 23.5 Å². The Hall–Kier alpha value is -1.89. The van der Waals surface area contributed by atoms with Crippen molar-refractivity contribution < 1.29 is 18.0 Å². The monoisotopic (exact) mass is 340 g/mol. The van der Waals surface area contributed by atoms with E-state index in [2.05, 4.69) is 9.88 Å². The summed E-state index contributed by atoms with van der Waals surface area (Å²) in [5.74, 6) is -0.406. The number of anilines is 1. The molecule has 2 heterocycles. The third-order valence-electron chi connectivity index (χ3n) is 3.82. The minimum absolute atomic E-state index is 0.0412. The molecule has 0 amide bonds. The molecule has 1 saturated heterocycles. The van der Waals surface area contributed by atoms with Crippen LogP contribution >= 0.6 is 11.3 Å². The highest BCUT2D eigenvalue weighted by Crippen LogP contribution is 2.32. The molecule has 0 N–H and O–H groups in total. The van der Waals surface area contributed by atoms with Gasteiger partial charge >= 0.3 is 6.18 Å². The standard InChI is InChI=1S/C16H15F3N2OS/c1-10-14(23-15(20-10)21-7-2-3-8-21)13(22)11-5-4-6-12(9-11)16(17,18)19/h4-6,9H,2-3,7-8H2,1H3. The van der Waals surface area contributed by atoms with Crippen molar-refractivity contribution in [3.8, 4) is 0 Å². The van der Waals surface area contributed by atoms with Gasteiger partial charge in [-0.05, 0) is 31.9 Å². The van der Waals surface area contributed by atoms with E-state index in [1.165, 1.54) is 23.5 Å². The van der Waals surface area contributed by atoms with Gasteiger partial charge in [0.2, 0.25) is 5.78 Å². The van der Waals surface area contributed by atoms with Crippen molar-refractivity contribution in [3.63, 3.8) is 0 Å². The van der Waals surface area contributed by atoms with Crippen molar-refractivity contribution >= 4 is 22.3 Å². The molecule has 122 valence electrons. The molecule has 0 unspecified atom stereocenters. The summed E-state index contributed by atoms with van der Waals surface area (Å²) in [6, 6.07) is 4.53. The molecule has 0 saturated carbocycles. The van der Waals surface area contributed by atoms with Gasteiger partial charge in [0.25, 0.3) is 0 Å². The number of hydrogen-bond donors (Lipinski definition) is 0. The molecule has 1 aromatic carbocycles. The summed E-state index contributed by atoms with van der Waals surface area (Å²) in [5.41, 5.74) is -0.204. The third-order valence-corrected chi connectivity index (χ3v) is 5.04. The number of aromatic nitrogens is 1. The first kappa shape index (κ1) is 16.0. The lowest BCUT2D eigenvalue weighted by atomic mass is 10.1. The molecule has 7 heteroatoms. The molecule has 23 heavy (non-hydrogen) atoms. The number of thiazole rings is 1. The smallest absolute Gasteiger partial charge is 0.348 e. The first-order valence-electron chi connectivity index (χ1n) is 7.30. The lowest BCUT2D eigenvalue weighted by Crippen LogP contribution is -2.17. The molecule has 1 aromatic heterocycles. The molecule has 0 radical (unpaired) electrons. The van der Waals surface area contributed by atoms with Crippen LogP contribution in [-0.4, -0.2) is 23.9 Å². The maximum atomic E-state index is 12.8. The molecule has 3 nitrogen and oxygen atoms in total. The molecule has 0 aliphatic carbocycles. The van der Waals surface area contributed by atoms with Crippen molar-refractivity contribution in [1.82, 2.24) is 4.98 Å². The fraction of sp³-hybridized carbons (Fsp3) is 0.375. The number of benzene rings is 1. The van der Waals surface area contributed by atoms with Crippen LogP contribution in [0.1, 0.15) is 39.3 Å². The van der Waals surface area contributed by atoms with Gasteiger partial charge in [-0.15, -0.1) is 0 Å². The fourth-order valence-electron chi connectivity index (χ4n) is 2.60. The van der Waals surface area contributed by atoms with Gasteiger partial charge in [0.15, 0.2) is 5.13 Å².